The Bertz CT molecular complexity index is 928. The Balaban J connectivity index is 1.92. The molecule has 1 N–H and O–H groups in total. The minimum atomic E-state index is -3.66. The Morgan fingerprint density at radius 3 is 2.50 bits per heavy atom. The number of piperidine rings is 1. The summed E-state index contributed by atoms with van der Waals surface area (Å²) in [4.78, 5) is 12.7. The van der Waals surface area contributed by atoms with E-state index in [2.05, 4.69) is 21.2 Å². The van der Waals surface area contributed by atoms with Gasteiger partial charge in [0.05, 0.1) is 16.3 Å². The lowest BCUT2D eigenvalue weighted by Gasteiger charge is -2.26. The van der Waals surface area contributed by atoms with Crippen LogP contribution in [0.2, 0.25) is 5.02 Å². The quantitative estimate of drug-likeness (QED) is 0.733. The molecule has 0 spiro atoms. The lowest BCUT2D eigenvalue weighted by atomic mass is 10.2. The number of sulfonamides is 1. The number of amides is 1. The Hall–Kier alpha value is -1.41. The van der Waals surface area contributed by atoms with Crippen LogP contribution < -0.4 is 5.32 Å². The molecular formula is C18H18BrClN2O3S. The van der Waals surface area contributed by atoms with Gasteiger partial charge in [-0.15, -0.1) is 0 Å². The van der Waals surface area contributed by atoms with Gasteiger partial charge in [0.2, 0.25) is 10.0 Å². The summed E-state index contributed by atoms with van der Waals surface area (Å²) in [6, 6.07) is 11.4. The molecular weight excluding hydrogens is 440 g/mol. The number of nitrogens with zero attached hydrogens (tertiary/aromatic N) is 1. The van der Waals surface area contributed by atoms with E-state index in [1.165, 1.54) is 10.4 Å². The van der Waals surface area contributed by atoms with E-state index in [1.54, 1.807) is 36.4 Å². The van der Waals surface area contributed by atoms with Crippen LogP contribution >= 0.6 is 27.5 Å². The molecule has 8 heteroatoms. The van der Waals surface area contributed by atoms with Crippen molar-refractivity contribution in [1.82, 2.24) is 4.31 Å². The Morgan fingerprint density at radius 2 is 1.77 bits per heavy atom. The Labute approximate surface area is 166 Å². The van der Waals surface area contributed by atoms with Gasteiger partial charge in [0.15, 0.2) is 0 Å². The lowest BCUT2D eigenvalue weighted by molar-refractivity contribution is 0.102. The number of anilines is 1. The van der Waals surface area contributed by atoms with Gasteiger partial charge in [0, 0.05) is 17.6 Å². The molecule has 2 aromatic carbocycles. The maximum Gasteiger partial charge on any atom is 0.257 e. The third kappa shape index (κ3) is 4.11. The Kier molecular flexibility index (Phi) is 6.02. The molecule has 1 amide bonds. The summed E-state index contributed by atoms with van der Waals surface area (Å²) >= 11 is 9.41. The SMILES string of the molecule is O=C(Nc1ccccc1S(=O)(=O)N1CCCCC1)c1cc(Br)ccc1Cl. The molecule has 0 saturated carbocycles. The summed E-state index contributed by atoms with van der Waals surface area (Å²) in [6.45, 7) is 1.00. The molecule has 0 atom stereocenters. The van der Waals surface area contributed by atoms with Gasteiger partial charge < -0.3 is 5.32 Å². The van der Waals surface area contributed by atoms with Gasteiger partial charge in [-0.3, -0.25) is 4.79 Å². The van der Waals surface area contributed by atoms with Crippen LogP contribution in [-0.2, 0) is 10.0 Å². The maximum atomic E-state index is 13.0. The first-order valence-corrected chi connectivity index (χ1v) is 10.9. The highest BCUT2D eigenvalue weighted by atomic mass is 79.9. The third-order valence-electron chi connectivity index (χ3n) is 4.24. The second-order valence-electron chi connectivity index (χ2n) is 6.04. The van der Waals surface area contributed by atoms with Crippen LogP contribution in [0, 0.1) is 0 Å². The number of rotatable bonds is 4. The van der Waals surface area contributed by atoms with Gasteiger partial charge in [0.25, 0.3) is 5.91 Å². The molecule has 2 aromatic rings. The van der Waals surface area contributed by atoms with Gasteiger partial charge in [0.1, 0.15) is 4.90 Å². The van der Waals surface area contributed by atoms with E-state index < -0.39 is 15.9 Å². The molecule has 26 heavy (non-hydrogen) atoms. The minimum Gasteiger partial charge on any atom is -0.321 e. The molecule has 138 valence electrons. The van der Waals surface area contributed by atoms with Crippen molar-refractivity contribution in [1.29, 1.82) is 0 Å². The largest absolute Gasteiger partial charge is 0.321 e. The van der Waals surface area contributed by atoms with Crippen molar-refractivity contribution in [3.63, 3.8) is 0 Å². The lowest BCUT2D eigenvalue weighted by Crippen LogP contribution is -2.36. The van der Waals surface area contributed by atoms with E-state index in [4.69, 9.17) is 11.6 Å². The smallest absolute Gasteiger partial charge is 0.257 e. The van der Waals surface area contributed by atoms with Gasteiger partial charge in [-0.05, 0) is 43.2 Å². The maximum absolute atomic E-state index is 13.0. The van der Waals surface area contributed by atoms with E-state index in [1.807, 2.05) is 0 Å². The molecule has 3 rings (SSSR count). The summed E-state index contributed by atoms with van der Waals surface area (Å²) in [6.07, 6.45) is 2.73. The van der Waals surface area contributed by atoms with Crippen molar-refractivity contribution in [3.8, 4) is 0 Å². The van der Waals surface area contributed by atoms with Gasteiger partial charge >= 0.3 is 0 Å². The molecule has 0 unspecified atom stereocenters. The van der Waals surface area contributed by atoms with Gasteiger partial charge in [-0.1, -0.05) is 46.1 Å². The number of hydrogen-bond donors (Lipinski definition) is 1. The van der Waals surface area contributed by atoms with Crippen molar-refractivity contribution in [2.75, 3.05) is 18.4 Å². The fourth-order valence-electron chi connectivity index (χ4n) is 2.90. The third-order valence-corrected chi connectivity index (χ3v) is 7.02. The highest BCUT2D eigenvalue weighted by Crippen LogP contribution is 2.28. The van der Waals surface area contributed by atoms with Crippen LogP contribution in [0.5, 0.6) is 0 Å². The molecule has 1 aliphatic heterocycles. The molecule has 0 bridgehead atoms. The fourth-order valence-corrected chi connectivity index (χ4v) is 5.13. The van der Waals surface area contributed by atoms with Crippen LogP contribution in [0.15, 0.2) is 51.8 Å². The highest BCUT2D eigenvalue weighted by Gasteiger charge is 2.28. The highest BCUT2D eigenvalue weighted by molar-refractivity contribution is 9.10. The van der Waals surface area contributed by atoms with E-state index in [0.29, 0.717) is 22.6 Å². The summed E-state index contributed by atoms with van der Waals surface area (Å²) in [5.41, 5.74) is 0.519. The number of carbonyl (C=O) groups is 1. The van der Waals surface area contributed by atoms with E-state index >= 15 is 0 Å². The molecule has 1 fully saturated rings. The van der Waals surface area contributed by atoms with Gasteiger partial charge in [-0.25, -0.2) is 8.42 Å². The van der Waals surface area contributed by atoms with Crippen LogP contribution in [0.1, 0.15) is 29.6 Å². The number of carbonyl (C=O) groups excluding carboxylic acids is 1. The van der Waals surface area contributed by atoms with E-state index in [-0.39, 0.29) is 16.1 Å². The fraction of sp³-hybridized carbons (Fsp3) is 0.278. The molecule has 0 radical (unpaired) electrons. The first-order chi connectivity index (χ1) is 12.4. The van der Waals surface area contributed by atoms with Crippen molar-refractivity contribution < 1.29 is 13.2 Å². The molecule has 0 aliphatic carbocycles. The van der Waals surface area contributed by atoms with Crippen molar-refractivity contribution in [2.45, 2.75) is 24.2 Å². The summed E-state index contributed by atoms with van der Waals surface area (Å²) in [5.74, 6) is -0.461. The standard InChI is InChI=1S/C18H18BrClN2O3S/c19-13-8-9-15(20)14(12-13)18(23)21-16-6-2-3-7-17(16)26(24,25)22-10-4-1-5-11-22/h2-3,6-9,12H,1,4-5,10-11H2,(H,21,23). The number of nitrogens with one attached hydrogen (secondary N) is 1. The molecule has 5 nitrogen and oxygen atoms in total. The van der Waals surface area contributed by atoms with Crippen LogP contribution in [0.4, 0.5) is 5.69 Å². The van der Waals surface area contributed by atoms with Crippen molar-refractivity contribution in [3.05, 3.63) is 57.5 Å². The monoisotopic (exact) mass is 456 g/mol. The minimum absolute atomic E-state index is 0.0985. The summed E-state index contributed by atoms with van der Waals surface area (Å²) < 4.78 is 28.2. The predicted molar refractivity (Wildman–Crippen MR) is 106 cm³/mol. The molecule has 1 saturated heterocycles. The zero-order valence-electron chi connectivity index (χ0n) is 13.9. The average molecular weight is 458 g/mol. The van der Waals surface area contributed by atoms with Crippen molar-refractivity contribution in [2.24, 2.45) is 0 Å². The number of benzene rings is 2. The van der Waals surface area contributed by atoms with Crippen LogP contribution in [-0.4, -0.2) is 31.7 Å². The molecule has 0 aromatic heterocycles. The number of para-hydroxylation sites is 1. The number of hydrogen-bond acceptors (Lipinski definition) is 3. The zero-order chi connectivity index (χ0) is 18.7. The molecule has 1 heterocycles. The van der Waals surface area contributed by atoms with Crippen LogP contribution in [0.3, 0.4) is 0 Å². The topological polar surface area (TPSA) is 66.5 Å². The van der Waals surface area contributed by atoms with E-state index in [9.17, 15) is 13.2 Å². The normalized spacial score (nSPS) is 15.6. The zero-order valence-corrected chi connectivity index (χ0v) is 17.1. The second kappa shape index (κ2) is 8.08. The second-order valence-corrected chi connectivity index (χ2v) is 9.27. The molecule has 1 aliphatic rings. The van der Waals surface area contributed by atoms with E-state index in [0.717, 1.165) is 19.3 Å². The summed E-state index contributed by atoms with van der Waals surface area (Å²) in [7, 11) is -3.66. The summed E-state index contributed by atoms with van der Waals surface area (Å²) in [5, 5.41) is 2.98. The predicted octanol–water partition coefficient (Wildman–Crippen LogP) is 4.53. The average Bonchev–Trinajstić information content (AvgIpc) is 2.64. The first-order valence-electron chi connectivity index (χ1n) is 8.25. The van der Waals surface area contributed by atoms with Crippen molar-refractivity contribution >= 4 is 49.1 Å². The van der Waals surface area contributed by atoms with Crippen LogP contribution in [0.25, 0.3) is 0 Å². The number of halogens is 2. The first kappa shape index (κ1) is 19.4. The Morgan fingerprint density at radius 1 is 1.08 bits per heavy atom. The van der Waals surface area contributed by atoms with Gasteiger partial charge in [-0.2, -0.15) is 4.31 Å².